The number of H-pyrrole nitrogens is 1. The molecule has 132 valence electrons. The molecule has 0 saturated heterocycles. The first kappa shape index (κ1) is 17.9. The maximum Gasteiger partial charge on any atom is 0.333 e. The van der Waals surface area contributed by atoms with Crippen LogP contribution in [-0.2, 0) is 0 Å². The van der Waals surface area contributed by atoms with E-state index in [1.54, 1.807) is 30.3 Å². The molecule has 0 aliphatic heterocycles. The highest BCUT2D eigenvalue weighted by Gasteiger charge is 2.16. The molecule has 0 radical (unpaired) electrons. The summed E-state index contributed by atoms with van der Waals surface area (Å²) in [5.41, 5.74) is 1.51. The molecule has 0 saturated carbocycles. The number of aromatic amines is 1. The van der Waals surface area contributed by atoms with Gasteiger partial charge in [-0.05, 0) is 55.3 Å². The van der Waals surface area contributed by atoms with Gasteiger partial charge in [0.25, 0.3) is 11.5 Å². The molecular weight excluding hydrogens is 398 g/mol. The Labute approximate surface area is 157 Å². The molecule has 2 N–H and O–H groups in total. The van der Waals surface area contributed by atoms with E-state index in [1.165, 1.54) is 0 Å². The number of aryl methyl sites for hydroxylation is 2. The molecule has 3 rings (SSSR count). The van der Waals surface area contributed by atoms with Gasteiger partial charge in [-0.25, -0.2) is 9.36 Å². The molecule has 0 spiro atoms. The van der Waals surface area contributed by atoms with Gasteiger partial charge in [-0.2, -0.15) is 0 Å². The minimum absolute atomic E-state index is 0.150. The highest BCUT2D eigenvalue weighted by atomic mass is 79.9. The van der Waals surface area contributed by atoms with Crippen LogP contribution in [0.5, 0.6) is 0 Å². The number of rotatable bonds is 3. The first-order chi connectivity index (χ1) is 12.4. The summed E-state index contributed by atoms with van der Waals surface area (Å²) in [6, 6.07) is 12.2. The first-order valence-electron chi connectivity index (χ1n) is 7.86. The van der Waals surface area contributed by atoms with Crippen molar-refractivity contribution in [2.24, 2.45) is 0 Å². The lowest BCUT2D eigenvalue weighted by molar-refractivity contribution is 0.102. The molecule has 2 aromatic carbocycles. The largest absolute Gasteiger partial charge is 0.333 e. The maximum absolute atomic E-state index is 12.8. The van der Waals surface area contributed by atoms with E-state index in [0.717, 1.165) is 26.4 Å². The molecule has 1 aromatic heterocycles. The number of carbonyl (C=O) groups is 1. The van der Waals surface area contributed by atoms with E-state index in [4.69, 9.17) is 0 Å². The van der Waals surface area contributed by atoms with Gasteiger partial charge < -0.3 is 10.3 Å². The van der Waals surface area contributed by atoms with Crippen molar-refractivity contribution in [2.45, 2.75) is 13.8 Å². The third kappa shape index (κ3) is 3.52. The van der Waals surface area contributed by atoms with Crippen molar-refractivity contribution < 1.29 is 4.79 Å². The van der Waals surface area contributed by atoms with Gasteiger partial charge in [0.15, 0.2) is 0 Å². The molecule has 0 fully saturated rings. The van der Waals surface area contributed by atoms with Crippen LogP contribution in [0.3, 0.4) is 0 Å². The lowest BCUT2D eigenvalue weighted by Crippen LogP contribution is -2.38. The summed E-state index contributed by atoms with van der Waals surface area (Å²) < 4.78 is 1.76. The minimum atomic E-state index is -0.676. The Balaban J connectivity index is 2.04. The van der Waals surface area contributed by atoms with Crippen LogP contribution in [-0.4, -0.2) is 15.5 Å². The van der Waals surface area contributed by atoms with Gasteiger partial charge in [-0.3, -0.25) is 9.59 Å². The number of nitrogens with zero attached hydrogens (tertiary/aromatic N) is 1. The highest BCUT2D eigenvalue weighted by molar-refractivity contribution is 9.10. The average Bonchev–Trinajstić information content (AvgIpc) is 2.58. The number of halogens is 1. The van der Waals surface area contributed by atoms with E-state index in [0.29, 0.717) is 11.4 Å². The third-order valence-electron chi connectivity index (χ3n) is 4.05. The number of nitrogens with one attached hydrogen (secondary N) is 2. The molecule has 6 nitrogen and oxygen atoms in total. The lowest BCUT2D eigenvalue weighted by Gasteiger charge is -2.10. The number of hydrogen-bond donors (Lipinski definition) is 2. The molecule has 3 aromatic rings. The second-order valence-corrected chi connectivity index (χ2v) is 6.80. The minimum Gasteiger partial charge on any atom is -0.322 e. The summed E-state index contributed by atoms with van der Waals surface area (Å²) in [6.45, 7) is 3.83. The zero-order chi connectivity index (χ0) is 18.8. The molecule has 1 amide bonds. The maximum atomic E-state index is 12.8. The number of carbonyl (C=O) groups excluding carboxylic acids is 1. The number of hydrogen-bond acceptors (Lipinski definition) is 3. The van der Waals surface area contributed by atoms with E-state index in [1.807, 2.05) is 26.0 Å². The van der Waals surface area contributed by atoms with Crippen molar-refractivity contribution in [1.29, 1.82) is 0 Å². The van der Waals surface area contributed by atoms with Crippen LogP contribution in [0.25, 0.3) is 5.69 Å². The summed E-state index contributed by atoms with van der Waals surface area (Å²) in [6.07, 6.45) is 1.13. The standard InChI is InChI=1S/C19H16BrN3O3/c1-11-6-7-15(8-12(11)2)23-18(25)16(10-21-19(23)26)17(24)22-14-5-3-4-13(20)9-14/h3-10H,1-2H3,(H,21,26)(H,22,24). The summed E-state index contributed by atoms with van der Waals surface area (Å²) >= 11 is 3.32. The number of benzene rings is 2. The highest BCUT2D eigenvalue weighted by Crippen LogP contribution is 2.16. The van der Waals surface area contributed by atoms with Crippen LogP contribution in [0.15, 0.2) is 62.7 Å². The zero-order valence-corrected chi connectivity index (χ0v) is 15.8. The normalized spacial score (nSPS) is 10.6. The lowest BCUT2D eigenvalue weighted by atomic mass is 10.1. The van der Waals surface area contributed by atoms with Crippen molar-refractivity contribution in [3.63, 3.8) is 0 Å². The SMILES string of the molecule is Cc1ccc(-n2c(=O)[nH]cc(C(=O)Nc3cccc(Br)c3)c2=O)cc1C. The fraction of sp³-hybridized carbons (Fsp3) is 0.105. The first-order valence-corrected chi connectivity index (χ1v) is 8.65. The Morgan fingerprint density at radius 1 is 1.08 bits per heavy atom. The van der Waals surface area contributed by atoms with E-state index in [2.05, 4.69) is 26.2 Å². The second-order valence-electron chi connectivity index (χ2n) is 5.88. The second kappa shape index (κ2) is 7.13. The van der Waals surface area contributed by atoms with Gasteiger partial charge in [0.2, 0.25) is 0 Å². The molecule has 0 unspecified atom stereocenters. The molecule has 0 bridgehead atoms. The Kier molecular flexibility index (Phi) is 4.90. The average molecular weight is 414 g/mol. The number of anilines is 1. The molecule has 26 heavy (non-hydrogen) atoms. The van der Waals surface area contributed by atoms with Gasteiger partial charge >= 0.3 is 5.69 Å². The molecule has 0 atom stereocenters. The summed E-state index contributed by atoms with van der Waals surface area (Å²) in [7, 11) is 0. The van der Waals surface area contributed by atoms with Gasteiger partial charge in [-0.15, -0.1) is 0 Å². The van der Waals surface area contributed by atoms with Crippen molar-refractivity contribution in [1.82, 2.24) is 9.55 Å². The predicted octanol–water partition coefficient (Wildman–Crippen LogP) is 3.16. The van der Waals surface area contributed by atoms with Crippen molar-refractivity contribution in [3.8, 4) is 5.69 Å². The van der Waals surface area contributed by atoms with Crippen LogP contribution in [0.2, 0.25) is 0 Å². The smallest absolute Gasteiger partial charge is 0.322 e. The molecular formula is C19H16BrN3O3. The molecule has 0 aliphatic carbocycles. The molecule has 1 heterocycles. The van der Waals surface area contributed by atoms with Gasteiger partial charge in [0.1, 0.15) is 5.56 Å². The number of aromatic nitrogens is 2. The van der Waals surface area contributed by atoms with E-state index in [-0.39, 0.29) is 5.56 Å². The van der Waals surface area contributed by atoms with E-state index >= 15 is 0 Å². The van der Waals surface area contributed by atoms with Crippen LogP contribution >= 0.6 is 15.9 Å². The van der Waals surface area contributed by atoms with Crippen LogP contribution in [0.1, 0.15) is 21.5 Å². The fourth-order valence-corrected chi connectivity index (χ4v) is 2.90. The zero-order valence-electron chi connectivity index (χ0n) is 14.2. The Bertz CT molecular complexity index is 1120. The van der Waals surface area contributed by atoms with E-state index < -0.39 is 17.2 Å². The predicted molar refractivity (Wildman–Crippen MR) is 104 cm³/mol. The fourth-order valence-electron chi connectivity index (χ4n) is 2.50. The summed E-state index contributed by atoms with van der Waals surface area (Å²) in [5, 5.41) is 2.65. The van der Waals surface area contributed by atoms with Crippen molar-refractivity contribution >= 4 is 27.5 Å². The van der Waals surface area contributed by atoms with Crippen LogP contribution in [0.4, 0.5) is 5.69 Å². The molecule has 7 heteroatoms. The van der Waals surface area contributed by atoms with Crippen molar-refractivity contribution in [2.75, 3.05) is 5.32 Å². The Morgan fingerprint density at radius 2 is 1.85 bits per heavy atom. The summed E-state index contributed by atoms with van der Waals surface area (Å²) in [5.74, 6) is -0.595. The summed E-state index contributed by atoms with van der Waals surface area (Å²) in [4.78, 5) is 39.9. The van der Waals surface area contributed by atoms with Crippen LogP contribution in [0, 0.1) is 13.8 Å². The number of amides is 1. The topological polar surface area (TPSA) is 84.0 Å². The third-order valence-corrected chi connectivity index (χ3v) is 4.55. The molecule has 0 aliphatic rings. The van der Waals surface area contributed by atoms with Gasteiger partial charge in [0.05, 0.1) is 5.69 Å². The van der Waals surface area contributed by atoms with Gasteiger partial charge in [0, 0.05) is 16.4 Å². The van der Waals surface area contributed by atoms with Crippen LogP contribution < -0.4 is 16.6 Å². The monoisotopic (exact) mass is 413 g/mol. The van der Waals surface area contributed by atoms with Crippen molar-refractivity contribution in [3.05, 3.63) is 90.7 Å². The Hall–Kier alpha value is -2.93. The van der Waals surface area contributed by atoms with E-state index in [9.17, 15) is 14.4 Å². The Morgan fingerprint density at radius 3 is 2.54 bits per heavy atom. The van der Waals surface area contributed by atoms with Gasteiger partial charge in [-0.1, -0.05) is 28.1 Å². The quantitative estimate of drug-likeness (QED) is 0.691.